The largest absolute Gasteiger partial charge is 0.304 e. The number of rotatable bonds is 3. The standard InChI is InChI=1S/C12H26N2/c1-8-10(14-12(5,6)7)9-13-11(2,3)4/h9-10,14H,8H2,1-7H3. The Morgan fingerprint density at radius 3 is 1.93 bits per heavy atom. The van der Waals surface area contributed by atoms with E-state index in [-0.39, 0.29) is 11.1 Å². The van der Waals surface area contributed by atoms with Gasteiger partial charge in [0.25, 0.3) is 0 Å². The third-order valence-corrected chi connectivity index (χ3v) is 1.70. The van der Waals surface area contributed by atoms with E-state index in [1.165, 1.54) is 0 Å². The van der Waals surface area contributed by atoms with E-state index >= 15 is 0 Å². The zero-order valence-corrected chi connectivity index (χ0v) is 10.8. The monoisotopic (exact) mass is 198 g/mol. The van der Waals surface area contributed by atoms with Gasteiger partial charge in [0.1, 0.15) is 0 Å². The molecule has 0 aliphatic rings. The van der Waals surface area contributed by atoms with Crippen LogP contribution in [0.1, 0.15) is 54.9 Å². The molecule has 0 aromatic rings. The third-order valence-electron chi connectivity index (χ3n) is 1.70. The Hall–Kier alpha value is -0.370. The first kappa shape index (κ1) is 13.6. The molecule has 0 heterocycles. The van der Waals surface area contributed by atoms with Gasteiger partial charge < -0.3 is 5.32 Å². The second-order valence-electron chi connectivity index (χ2n) is 5.86. The zero-order chi connectivity index (χ0) is 11.4. The third kappa shape index (κ3) is 8.24. The molecule has 0 rings (SSSR count). The van der Waals surface area contributed by atoms with Gasteiger partial charge >= 0.3 is 0 Å². The molecule has 0 amide bonds. The fourth-order valence-electron chi connectivity index (χ4n) is 1.11. The zero-order valence-electron chi connectivity index (χ0n) is 10.8. The molecule has 0 bridgehead atoms. The normalized spacial score (nSPS) is 16.2. The Kier molecular flexibility index (Phi) is 4.79. The number of aliphatic imine (C=N–C) groups is 1. The van der Waals surface area contributed by atoms with Crippen molar-refractivity contribution in [2.45, 2.75) is 72.0 Å². The molecule has 84 valence electrons. The van der Waals surface area contributed by atoms with Crippen LogP contribution in [-0.4, -0.2) is 23.3 Å². The van der Waals surface area contributed by atoms with Crippen LogP contribution < -0.4 is 5.32 Å². The summed E-state index contributed by atoms with van der Waals surface area (Å²) in [5, 5.41) is 3.53. The van der Waals surface area contributed by atoms with E-state index in [0.29, 0.717) is 6.04 Å². The van der Waals surface area contributed by atoms with E-state index < -0.39 is 0 Å². The SMILES string of the molecule is CCC(C=NC(C)(C)C)NC(C)(C)C. The Labute approximate surface area is 89.2 Å². The summed E-state index contributed by atoms with van der Waals surface area (Å²) in [5.74, 6) is 0. The van der Waals surface area contributed by atoms with Crippen molar-refractivity contribution in [2.24, 2.45) is 4.99 Å². The predicted octanol–water partition coefficient (Wildman–Crippen LogP) is 3.02. The summed E-state index contributed by atoms with van der Waals surface area (Å²) in [5.41, 5.74) is 0.192. The molecule has 1 unspecified atom stereocenters. The van der Waals surface area contributed by atoms with Crippen molar-refractivity contribution in [1.29, 1.82) is 0 Å². The molecule has 14 heavy (non-hydrogen) atoms. The van der Waals surface area contributed by atoms with Crippen LogP contribution in [0.15, 0.2) is 4.99 Å². The average Bonchev–Trinajstić information content (AvgIpc) is 1.94. The van der Waals surface area contributed by atoms with E-state index in [1.807, 2.05) is 6.21 Å². The van der Waals surface area contributed by atoms with Gasteiger partial charge in [-0.05, 0) is 48.0 Å². The molecule has 1 atom stereocenters. The molecular formula is C12H26N2. The molecule has 0 fully saturated rings. The summed E-state index contributed by atoms with van der Waals surface area (Å²) in [6.07, 6.45) is 3.13. The Bertz CT molecular complexity index is 181. The highest BCUT2D eigenvalue weighted by Crippen LogP contribution is 2.07. The highest BCUT2D eigenvalue weighted by molar-refractivity contribution is 5.64. The van der Waals surface area contributed by atoms with E-state index in [1.54, 1.807) is 0 Å². The maximum Gasteiger partial charge on any atom is 0.0520 e. The van der Waals surface area contributed by atoms with Crippen molar-refractivity contribution in [2.75, 3.05) is 0 Å². The summed E-state index contributed by atoms with van der Waals surface area (Å²) in [7, 11) is 0. The van der Waals surface area contributed by atoms with E-state index in [9.17, 15) is 0 Å². The lowest BCUT2D eigenvalue weighted by atomic mass is 10.1. The average molecular weight is 198 g/mol. The summed E-state index contributed by atoms with van der Waals surface area (Å²) in [6, 6.07) is 0.384. The van der Waals surface area contributed by atoms with Crippen LogP contribution in [0, 0.1) is 0 Å². The minimum Gasteiger partial charge on any atom is -0.304 e. The van der Waals surface area contributed by atoms with Gasteiger partial charge in [-0.1, -0.05) is 6.92 Å². The van der Waals surface area contributed by atoms with E-state index in [4.69, 9.17) is 0 Å². The Morgan fingerprint density at radius 1 is 1.14 bits per heavy atom. The second kappa shape index (κ2) is 4.92. The summed E-state index contributed by atoms with van der Waals surface area (Å²) in [6.45, 7) is 15.1. The number of nitrogens with one attached hydrogen (secondary N) is 1. The van der Waals surface area contributed by atoms with Crippen molar-refractivity contribution < 1.29 is 0 Å². The lowest BCUT2D eigenvalue weighted by Crippen LogP contribution is -2.44. The lowest BCUT2D eigenvalue weighted by molar-refractivity contribution is 0.398. The quantitative estimate of drug-likeness (QED) is 0.693. The molecule has 0 saturated heterocycles. The van der Waals surface area contributed by atoms with Crippen LogP contribution in [0.4, 0.5) is 0 Å². The molecule has 0 spiro atoms. The molecule has 2 heteroatoms. The molecule has 0 aliphatic heterocycles. The maximum absolute atomic E-state index is 4.52. The Morgan fingerprint density at radius 2 is 1.64 bits per heavy atom. The van der Waals surface area contributed by atoms with Crippen molar-refractivity contribution in [3.05, 3.63) is 0 Å². The van der Waals surface area contributed by atoms with E-state index in [0.717, 1.165) is 6.42 Å². The fraction of sp³-hybridized carbons (Fsp3) is 0.917. The molecular weight excluding hydrogens is 172 g/mol. The highest BCUT2D eigenvalue weighted by Gasteiger charge is 2.15. The van der Waals surface area contributed by atoms with Gasteiger partial charge in [-0.15, -0.1) is 0 Å². The first-order valence-corrected chi connectivity index (χ1v) is 5.47. The first-order valence-electron chi connectivity index (χ1n) is 5.47. The summed E-state index contributed by atoms with van der Waals surface area (Å²) in [4.78, 5) is 4.52. The molecule has 0 aromatic heterocycles. The van der Waals surface area contributed by atoms with Gasteiger partial charge in [0.2, 0.25) is 0 Å². The van der Waals surface area contributed by atoms with Crippen LogP contribution in [-0.2, 0) is 0 Å². The van der Waals surface area contributed by atoms with Crippen molar-refractivity contribution in [3.8, 4) is 0 Å². The Balaban J connectivity index is 4.24. The van der Waals surface area contributed by atoms with Gasteiger partial charge in [-0.2, -0.15) is 0 Å². The summed E-state index contributed by atoms with van der Waals surface area (Å²) < 4.78 is 0. The van der Waals surface area contributed by atoms with Crippen LogP contribution in [0.5, 0.6) is 0 Å². The van der Waals surface area contributed by atoms with Crippen LogP contribution >= 0.6 is 0 Å². The lowest BCUT2D eigenvalue weighted by Gasteiger charge is -2.26. The van der Waals surface area contributed by atoms with Crippen LogP contribution in [0.2, 0.25) is 0 Å². The predicted molar refractivity (Wildman–Crippen MR) is 65.2 cm³/mol. The number of hydrogen-bond acceptors (Lipinski definition) is 2. The van der Waals surface area contributed by atoms with E-state index in [2.05, 4.69) is 58.8 Å². The van der Waals surface area contributed by atoms with Gasteiger partial charge in [0, 0.05) is 17.8 Å². The van der Waals surface area contributed by atoms with Crippen molar-refractivity contribution in [3.63, 3.8) is 0 Å². The number of nitrogens with zero attached hydrogens (tertiary/aromatic N) is 1. The highest BCUT2D eigenvalue weighted by atomic mass is 15.0. The van der Waals surface area contributed by atoms with Crippen molar-refractivity contribution >= 4 is 6.21 Å². The van der Waals surface area contributed by atoms with Gasteiger partial charge in [-0.3, -0.25) is 4.99 Å². The minimum absolute atomic E-state index is 0.0347. The maximum atomic E-state index is 4.52. The topological polar surface area (TPSA) is 24.4 Å². The first-order chi connectivity index (χ1) is 6.14. The molecule has 2 nitrogen and oxygen atoms in total. The van der Waals surface area contributed by atoms with Crippen molar-refractivity contribution in [1.82, 2.24) is 5.32 Å². The van der Waals surface area contributed by atoms with Crippen LogP contribution in [0.3, 0.4) is 0 Å². The molecule has 1 N–H and O–H groups in total. The van der Waals surface area contributed by atoms with Gasteiger partial charge in [0.05, 0.1) is 5.54 Å². The molecule has 0 aliphatic carbocycles. The molecule has 0 saturated carbocycles. The molecule has 0 radical (unpaired) electrons. The smallest absolute Gasteiger partial charge is 0.0520 e. The van der Waals surface area contributed by atoms with Crippen LogP contribution in [0.25, 0.3) is 0 Å². The second-order valence-corrected chi connectivity index (χ2v) is 5.86. The minimum atomic E-state index is 0.0347. The summed E-state index contributed by atoms with van der Waals surface area (Å²) >= 11 is 0. The fourth-order valence-corrected chi connectivity index (χ4v) is 1.11. The van der Waals surface area contributed by atoms with Gasteiger partial charge in [-0.25, -0.2) is 0 Å². The van der Waals surface area contributed by atoms with Gasteiger partial charge in [0.15, 0.2) is 0 Å². The molecule has 0 aromatic carbocycles. The number of hydrogen-bond donors (Lipinski definition) is 1.